The zero-order valence-corrected chi connectivity index (χ0v) is 17.2. The van der Waals surface area contributed by atoms with Crippen molar-refractivity contribution in [3.8, 4) is 11.6 Å². The summed E-state index contributed by atoms with van der Waals surface area (Å²) < 4.78 is 7.62. The smallest absolute Gasteiger partial charge is 0.254 e. The van der Waals surface area contributed by atoms with Crippen LogP contribution in [0, 0.1) is 0 Å². The van der Waals surface area contributed by atoms with E-state index in [1.165, 1.54) is 5.56 Å². The average molecular weight is 410 g/mol. The van der Waals surface area contributed by atoms with E-state index in [1.54, 1.807) is 23.0 Å². The van der Waals surface area contributed by atoms with E-state index in [-0.39, 0.29) is 11.8 Å². The number of nitrogens with zero attached hydrogens (tertiary/aromatic N) is 4. The lowest BCUT2D eigenvalue weighted by atomic mass is 9.86. The molecular weight excluding hydrogens is 388 g/mol. The van der Waals surface area contributed by atoms with Crippen LogP contribution in [0.2, 0.25) is 0 Å². The molecule has 2 aromatic carbocycles. The summed E-state index contributed by atoms with van der Waals surface area (Å²) in [6, 6.07) is 21.1. The predicted octanol–water partition coefficient (Wildman–Crippen LogP) is 4.40. The Morgan fingerprint density at radius 1 is 1.06 bits per heavy atom. The van der Waals surface area contributed by atoms with Crippen molar-refractivity contribution in [1.29, 1.82) is 0 Å². The number of hydrogen-bond donors (Lipinski definition) is 0. The number of pyridine rings is 1. The normalized spacial score (nSPS) is 15.4. The van der Waals surface area contributed by atoms with Gasteiger partial charge in [-0.2, -0.15) is 5.10 Å². The van der Waals surface area contributed by atoms with Crippen LogP contribution >= 0.6 is 0 Å². The van der Waals surface area contributed by atoms with Crippen molar-refractivity contribution in [2.75, 3.05) is 6.54 Å². The maximum absolute atomic E-state index is 13.4. The van der Waals surface area contributed by atoms with Crippen LogP contribution in [-0.4, -0.2) is 32.1 Å². The van der Waals surface area contributed by atoms with Crippen LogP contribution in [0.4, 0.5) is 0 Å². The first-order valence-electron chi connectivity index (χ1n) is 10.2. The molecule has 3 heterocycles. The van der Waals surface area contributed by atoms with Gasteiger partial charge in [0.2, 0.25) is 5.88 Å². The van der Waals surface area contributed by atoms with Gasteiger partial charge in [0.15, 0.2) is 0 Å². The van der Waals surface area contributed by atoms with E-state index in [9.17, 15) is 4.79 Å². The van der Waals surface area contributed by atoms with E-state index in [2.05, 4.69) is 28.3 Å². The molecule has 1 atom stereocenters. The lowest BCUT2D eigenvalue weighted by Crippen LogP contribution is -2.38. The molecular formula is C25H22N4O2. The molecule has 0 N–H and O–H groups in total. The van der Waals surface area contributed by atoms with E-state index in [4.69, 9.17) is 4.74 Å². The molecule has 31 heavy (non-hydrogen) atoms. The Labute approximate surface area is 180 Å². The third kappa shape index (κ3) is 3.92. The van der Waals surface area contributed by atoms with Crippen LogP contribution in [0.3, 0.4) is 0 Å². The Bertz CT molecular complexity index is 1220. The summed E-state index contributed by atoms with van der Waals surface area (Å²) in [7, 11) is 1.91. The molecule has 0 saturated carbocycles. The maximum Gasteiger partial charge on any atom is 0.254 e. The fraction of sp³-hybridized carbons (Fsp3) is 0.160. The molecule has 1 aliphatic rings. The van der Waals surface area contributed by atoms with Crippen LogP contribution in [-0.2, 0) is 13.6 Å². The highest BCUT2D eigenvalue weighted by atomic mass is 16.5. The SMILES string of the molecule is Cn1cc(C2CN(C(=O)c3cccc(Oc4ccccn4)c3)Cc3ccccc32)cn1. The Kier molecular flexibility index (Phi) is 4.96. The molecule has 1 amide bonds. The van der Waals surface area contributed by atoms with Crippen molar-refractivity contribution < 1.29 is 9.53 Å². The van der Waals surface area contributed by atoms with Crippen LogP contribution in [0.15, 0.2) is 85.3 Å². The zero-order chi connectivity index (χ0) is 21.2. The van der Waals surface area contributed by atoms with Gasteiger partial charge in [-0.1, -0.05) is 36.4 Å². The first-order valence-corrected chi connectivity index (χ1v) is 10.2. The second kappa shape index (κ2) is 8.07. The van der Waals surface area contributed by atoms with Crippen LogP contribution < -0.4 is 4.74 Å². The maximum atomic E-state index is 13.4. The first kappa shape index (κ1) is 19.1. The Morgan fingerprint density at radius 3 is 2.74 bits per heavy atom. The van der Waals surface area contributed by atoms with Gasteiger partial charge in [0.1, 0.15) is 5.75 Å². The highest BCUT2D eigenvalue weighted by Gasteiger charge is 2.30. The number of fused-ring (bicyclic) bond motifs is 1. The number of carbonyl (C=O) groups is 1. The summed E-state index contributed by atoms with van der Waals surface area (Å²) in [5.74, 6) is 1.16. The molecule has 0 bridgehead atoms. The Balaban J connectivity index is 1.42. The molecule has 0 radical (unpaired) electrons. The molecule has 4 aromatic rings. The van der Waals surface area contributed by atoms with Gasteiger partial charge in [-0.25, -0.2) is 4.98 Å². The first-order chi connectivity index (χ1) is 15.2. The van der Waals surface area contributed by atoms with Crippen molar-refractivity contribution in [3.63, 3.8) is 0 Å². The molecule has 0 spiro atoms. The molecule has 1 unspecified atom stereocenters. The van der Waals surface area contributed by atoms with E-state index in [0.29, 0.717) is 30.3 Å². The molecule has 0 saturated heterocycles. The molecule has 2 aromatic heterocycles. The van der Waals surface area contributed by atoms with Gasteiger partial charge in [-0.15, -0.1) is 0 Å². The molecule has 154 valence electrons. The number of amides is 1. The zero-order valence-electron chi connectivity index (χ0n) is 17.2. The summed E-state index contributed by atoms with van der Waals surface area (Å²) >= 11 is 0. The van der Waals surface area contributed by atoms with E-state index >= 15 is 0 Å². The number of benzene rings is 2. The van der Waals surface area contributed by atoms with Gasteiger partial charge >= 0.3 is 0 Å². The minimum atomic E-state index is -0.0186. The second-order valence-corrected chi connectivity index (χ2v) is 7.68. The largest absolute Gasteiger partial charge is 0.439 e. The number of rotatable bonds is 4. The number of ether oxygens (including phenoxy) is 1. The standard InChI is InChI=1S/C25H22N4O2/c1-28-15-20(14-27-28)23-17-29(16-19-7-2-3-10-22(19)23)25(30)18-8-6-9-21(13-18)31-24-11-4-5-12-26-24/h2-15,23H,16-17H2,1H3. The molecule has 0 aliphatic carbocycles. The van der Waals surface area contributed by atoms with Gasteiger partial charge in [0.25, 0.3) is 5.91 Å². The second-order valence-electron chi connectivity index (χ2n) is 7.68. The van der Waals surface area contributed by atoms with Crippen molar-refractivity contribution in [3.05, 3.63) is 108 Å². The predicted molar refractivity (Wildman–Crippen MR) is 117 cm³/mol. The highest BCUT2D eigenvalue weighted by molar-refractivity contribution is 5.94. The summed E-state index contributed by atoms with van der Waals surface area (Å²) in [6.07, 6.45) is 5.58. The van der Waals surface area contributed by atoms with Crippen molar-refractivity contribution in [2.45, 2.75) is 12.5 Å². The van der Waals surface area contributed by atoms with Crippen molar-refractivity contribution >= 4 is 5.91 Å². The van der Waals surface area contributed by atoms with Crippen molar-refractivity contribution in [1.82, 2.24) is 19.7 Å². The molecule has 0 fully saturated rings. The fourth-order valence-corrected chi connectivity index (χ4v) is 4.07. The monoisotopic (exact) mass is 410 g/mol. The third-order valence-electron chi connectivity index (χ3n) is 5.55. The quantitative estimate of drug-likeness (QED) is 0.500. The third-order valence-corrected chi connectivity index (χ3v) is 5.55. The fourth-order valence-electron chi connectivity index (χ4n) is 4.07. The number of carbonyl (C=O) groups excluding carboxylic acids is 1. The molecule has 6 nitrogen and oxygen atoms in total. The lowest BCUT2D eigenvalue weighted by Gasteiger charge is -2.34. The number of hydrogen-bond acceptors (Lipinski definition) is 4. The topological polar surface area (TPSA) is 60.2 Å². The minimum Gasteiger partial charge on any atom is -0.439 e. The molecule has 5 rings (SSSR count). The van der Waals surface area contributed by atoms with E-state index in [0.717, 1.165) is 11.1 Å². The lowest BCUT2D eigenvalue weighted by molar-refractivity contribution is 0.0724. The van der Waals surface area contributed by atoms with E-state index in [1.807, 2.05) is 60.7 Å². The van der Waals surface area contributed by atoms with E-state index < -0.39 is 0 Å². The summed E-state index contributed by atoms with van der Waals surface area (Å²) in [5.41, 5.74) is 4.13. The molecule has 1 aliphatic heterocycles. The average Bonchev–Trinajstić information content (AvgIpc) is 3.25. The van der Waals surface area contributed by atoms with Gasteiger partial charge in [0.05, 0.1) is 6.20 Å². The summed E-state index contributed by atoms with van der Waals surface area (Å²) in [4.78, 5) is 19.5. The Morgan fingerprint density at radius 2 is 1.94 bits per heavy atom. The summed E-state index contributed by atoms with van der Waals surface area (Å²) in [6.45, 7) is 1.18. The van der Waals surface area contributed by atoms with Gasteiger partial charge in [-0.3, -0.25) is 9.48 Å². The number of aromatic nitrogens is 3. The van der Waals surface area contributed by atoms with Gasteiger partial charge in [0, 0.05) is 50.1 Å². The minimum absolute atomic E-state index is 0.0186. The number of aryl methyl sites for hydroxylation is 1. The highest BCUT2D eigenvalue weighted by Crippen LogP contribution is 2.34. The summed E-state index contributed by atoms with van der Waals surface area (Å²) in [5, 5.41) is 4.34. The van der Waals surface area contributed by atoms with Gasteiger partial charge in [-0.05, 0) is 41.0 Å². The molecule has 6 heteroatoms. The van der Waals surface area contributed by atoms with Gasteiger partial charge < -0.3 is 9.64 Å². The van der Waals surface area contributed by atoms with Crippen molar-refractivity contribution in [2.24, 2.45) is 7.05 Å². The Hall–Kier alpha value is -3.93. The van der Waals surface area contributed by atoms with Crippen LogP contribution in [0.5, 0.6) is 11.6 Å². The van der Waals surface area contributed by atoms with Crippen LogP contribution in [0.25, 0.3) is 0 Å². The van der Waals surface area contributed by atoms with Crippen LogP contribution in [0.1, 0.15) is 33.0 Å².